The molecule has 1 amide bonds. The average Bonchev–Trinajstić information content (AvgIpc) is 2.71. The first-order valence-corrected chi connectivity index (χ1v) is 8.01. The number of hydrogen-bond acceptors (Lipinski definition) is 7. The van der Waals surface area contributed by atoms with E-state index in [1.807, 2.05) is 0 Å². The molecule has 148 valence electrons. The van der Waals surface area contributed by atoms with Crippen LogP contribution in [0.2, 0.25) is 0 Å². The van der Waals surface area contributed by atoms with Crippen molar-refractivity contribution in [3.8, 4) is 11.8 Å². The summed E-state index contributed by atoms with van der Waals surface area (Å²) in [5.74, 6) is -2.19. The number of esters is 1. The van der Waals surface area contributed by atoms with Gasteiger partial charge in [0.1, 0.15) is 28.9 Å². The number of carbonyl (C=O) groups excluding carboxylic acids is 2. The predicted octanol–water partition coefficient (Wildman–Crippen LogP) is 2.83. The zero-order valence-electron chi connectivity index (χ0n) is 15.0. The van der Waals surface area contributed by atoms with Gasteiger partial charge in [-0.3, -0.25) is 14.9 Å². The molecule has 0 aromatic heterocycles. The molecule has 2 aromatic rings. The fourth-order valence-electron chi connectivity index (χ4n) is 2.16. The number of nitro groups is 1. The lowest BCUT2D eigenvalue weighted by molar-refractivity contribution is -0.384. The second-order valence-electron chi connectivity index (χ2n) is 5.49. The van der Waals surface area contributed by atoms with E-state index >= 15 is 0 Å². The number of nitro benzene ring substituents is 1. The van der Waals surface area contributed by atoms with Crippen LogP contribution in [0.15, 0.2) is 48.0 Å². The highest BCUT2D eigenvalue weighted by Gasteiger charge is 2.18. The summed E-state index contributed by atoms with van der Waals surface area (Å²) in [6, 6.07) is 10.8. The minimum Gasteiger partial charge on any atom is -0.497 e. The van der Waals surface area contributed by atoms with Crippen LogP contribution in [0, 0.1) is 27.3 Å². The van der Waals surface area contributed by atoms with Gasteiger partial charge in [0.2, 0.25) is 0 Å². The van der Waals surface area contributed by atoms with E-state index in [4.69, 9.17) is 14.7 Å². The molecule has 0 aliphatic rings. The van der Waals surface area contributed by atoms with Crippen molar-refractivity contribution in [2.75, 3.05) is 19.0 Å². The minimum absolute atomic E-state index is 0.258. The second-order valence-corrected chi connectivity index (χ2v) is 5.49. The number of nitriles is 1. The fourth-order valence-corrected chi connectivity index (χ4v) is 2.16. The molecule has 0 heterocycles. The molecule has 0 spiro atoms. The summed E-state index contributed by atoms with van der Waals surface area (Å²) in [4.78, 5) is 33.9. The van der Waals surface area contributed by atoms with Crippen LogP contribution in [0.25, 0.3) is 6.08 Å². The standard InChI is InChI=1S/C19H14FN3O6/c1-28-15-5-2-12(3-6-15)8-13(10-21)19(25)29-11-18(24)22-16-7-4-14(20)9-17(16)23(26)27/h2-9H,11H2,1H3,(H,22,24)/b13-8+. The Morgan fingerprint density at radius 2 is 1.97 bits per heavy atom. The van der Waals surface area contributed by atoms with Gasteiger partial charge in [0.25, 0.3) is 11.6 Å². The van der Waals surface area contributed by atoms with Crippen LogP contribution < -0.4 is 10.1 Å². The summed E-state index contributed by atoms with van der Waals surface area (Å²) in [5, 5.41) is 22.2. The fraction of sp³-hybridized carbons (Fsp3) is 0.105. The molecule has 0 radical (unpaired) electrons. The predicted molar refractivity (Wildman–Crippen MR) is 99.2 cm³/mol. The third kappa shape index (κ3) is 5.86. The summed E-state index contributed by atoms with van der Waals surface area (Å²) in [6.07, 6.45) is 1.27. The lowest BCUT2D eigenvalue weighted by atomic mass is 10.1. The molecule has 1 N–H and O–H groups in total. The number of nitrogens with zero attached hydrogens (tertiary/aromatic N) is 2. The molecule has 29 heavy (non-hydrogen) atoms. The molecular weight excluding hydrogens is 385 g/mol. The van der Waals surface area contributed by atoms with E-state index in [2.05, 4.69) is 5.32 Å². The lowest BCUT2D eigenvalue weighted by Gasteiger charge is -2.07. The molecular formula is C19H14FN3O6. The number of nitrogens with one attached hydrogen (secondary N) is 1. The molecule has 10 heteroatoms. The molecule has 0 aliphatic carbocycles. The first-order valence-electron chi connectivity index (χ1n) is 8.01. The van der Waals surface area contributed by atoms with Gasteiger partial charge in [0.05, 0.1) is 18.1 Å². The zero-order valence-corrected chi connectivity index (χ0v) is 15.0. The van der Waals surface area contributed by atoms with Crippen LogP contribution in [0.4, 0.5) is 15.8 Å². The van der Waals surface area contributed by atoms with Gasteiger partial charge in [0.15, 0.2) is 6.61 Å². The minimum atomic E-state index is -1.05. The van der Waals surface area contributed by atoms with E-state index in [1.165, 1.54) is 13.2 Å². The van der Waals surface area contributed by atoms with E-state index in [0.717, 1.165) is 12.1 Å². The zero-order chi connectivity index (χ0) is 21.4. The van der Waals surface area contributed by atoms with Crippen molar-refractivity contribution >= 4 is 29.3 Å². The Kier molecular flexibility index (Phi) is 6.97. The maximum Gasteiger partial charge on any atom is 0.349 e. The van der Waals surface area contributed by atoms with Gasteiger partial charge < -0.3 is 14.8 Å². The van der Waals surface area contributed by atoms with Crippen LogP contribution in [0.5, 0.6) is 5.75 Å². The van der Waals surface area contributed by atoms with Gasteiger partial charge in [0, 0.05) is 0 Å². The molecule has 0 saturated heterocycles. The third-order valence-electron chi connectivity index (χ3n) is 3.53. The van der Waals surface area contributed by atoms with Crippen molar-refractivity contribution in [1.82, 2.24) is 0 Å². The van der Waals surface area contributed by atoms with Gasteiger partial charge >= 0.3 is 5.97 Å². The number of ether oxygens (including phenoxy) is 2. The number of benzene rings is 2. The van der Waals surface area contributed by atoms with Gasteiger partial charge in [-0.15, -0.1) is 0 Å². The number of hydrogen-bond donors (Lipinski definition) is 1. The van der Waals surface area contributed by atoms with Gasteiger partial charge in [-0.1, -0.05) is 12.1 Å². The maximum absolute atomic E-state index is 13.1. The first kappa shape index (κ1) is 21.0. The van der Waals surface area contributed by atoms with Crippen LogP contribution in [-0.2, 0) is 14.3 Å². The number of anilines is 1. The summed E-state index contributed by atoms with van der Waals surface area (Å²) in [5.41, 5.74) is -0.727. The third-order valence-corrected chi connectivity index (χ3v) is 3.53. The Morgan fingerprint density at radius 1 is 1.28 bits per heavy atom. The summed E-state index contributed by atoms with van der Waals surface area (Å²) < 4.78 is 22.9. The Balaban J connectivity index is 2.01. The second kappa shape index (κ2) is 9.61. The molecule has 2 rings (SSSR count). The summed E-state index contributed by atoms with van der Waals surface area (Å²) >= 11 is 0. The molecule has 0 aliphatic heterocycles. The van der Waals surface area contributed by atoms with E-state index in [1.54, 1.807) is 30.3 Å². The van der Waals surface area contributed by atoms with Crippen LogP contribution >= 0.6 is 0 Å². The highest BCUT2D eigenvalue weighted by molar-refractivity contribution is 6.00. The van der Waals surface area contributed by atoms with Crippen LogP contribution in [-0.4, -0.2) is 30.5 Å². The largest absolute Gasteiger partial charge is 0.497 e. The number of amides is 1. The molecule has 9 nitrogen and oxygen atoms in total. The Bertz CT molecular complexity index is 1010. The van der Waals surface area contributed by atoms with Crippen LogP contribution in [0.3, 0.4) is 0 Å². The quantitative estimate of drug-likeness (QED) is 0.249. The molecule has 2 aromatic carbocycles. The van der Waals surface area contributed by atoms with Crippen molar-refractivity contribution in [1.29, 1.82) is 5.26 Å². The van der Waals surface area contributed by atoms with Gasteiger partial charge in [-0.25, -0.2) is 9.18 Å². The SMILES string of the molecule is COc1ccc(/C=C(\C#N)C(=O)OCC(=O)Nc2ccc(F)cc2[N+](=O)[O-])cc1. The topological polar surface area (TPSA) is 132 Å². The van der Waals surface area contributed by atoms with E-state index in [9.17, 15) is 24.1 Å². The first-order chi connectivity index (χ1) is 13.8. The molecule has 0 unspecified atom stereocenters. The number of carbonyl (C=O) groups is 2. The molecule has 0 atom stereocenters. The Morgan fingerprint density at radius 3 is 2.55 bits per heavy atom. The molecule has 0 bridgehead atoms. The molecule has 0 saturated carbocycles. The van der Waals surface area contributed by atoms with Crippen molar-refractivity contribution in [2.24, 2.45) is 0 Å². The van der Waals surface area contributed by atoms with Crippen molar-refractivity contribution < 1.29 is 28.4 Å². The monoisotopic (exact) mass is 399 g/mol. The van der Waals surface area contributed by atoms with Crippen molar-refractivity contribution in [3.05, 3.63) is 69.5 Å². The van der Waals surface area contributed by atoms with Gasteiger partial charge in [-0.2, -0.15) is 5.26 Å². The number of methoxy groups -OCH3 is 1. The summed E-state index contributed by atoms with van der Waals surface area (Å²) in [6.45, 7) is -0.797. The van der Waals surface area contributed by atoms with E-state index in [0.29, 0.717) is 17.4 Å². The Hall–Kier alpha value is -4.26. The Labute approximate surface area is 164 Å². The highest BCUT2D eigenvalue weighted by Crippen LogP contribution is 2.24. The van der Waals surface area contributed by atoms with Crippen molar-refractivity contribution in [3.63, 3.8) is 0 Å². The van der Waals surface area contributed by atoms with Gasteiger partial charge in [-0.05, 0) is 35.9 Å². The van der Waals surface area contributed by atoms with Crippen LogP contribution in [0.1, 0.15) is 5.56 Å². The van der Waals surface area contributed by atoms with Crippen molar-refractivity contribution in [2.45, 2.75) is 0 Å². The maximum atomic E-state index is 13.1. The van der Waals surface area contributed by atoms with E-state index < -0.39 is 34.9 Å². The normalized spacial score (nSPS) is 10.6. The number of halogens is 1. The lowest BCUT2D eigenvalue weighted by Crippen LogP contribution is -2.22. The average molecular weight is 399 g/mol. The van der Waals surface area contributed by atoms with E-state index in [-0.39, 0.29) is 11.3 Å². The number of rotatable bonds is 7. The smallest absolute Gasteiger partial charge is 0.349 e. The highest BCUT2D eigenvalue weighted by atomic mass is 19.1. The molecule has 0 fully saturated rings. The summed E-state index contributed by atoms with van der Waals surface area (Å²) in [7, 11) is 1.49.